The molecule has 1 aliphatic heterocycles. The van der Waals surface area contributed by atoms with Crippen molar-refractivity contribution in [3.05, 3.63) is 23.4 Å². The molecule has 2 aromatic heterocycles. The van der Waals surface area contributed by atoms with Crippen LogP contribution < -0.4 is 10.2 Å². The Kier molecular flexibility index (Phi) is 3.58. The Balaban J connectivity index is 1.81. The Bertz CT molecular complexity index is 571. The van der Waals surface area contributed by atoms with Crippen LogP contribution in [0, 0.1) is 0 Å². The van der Waals surface area contributed by atoms with E-state index in [1.165, 1.54) is 0 Å². The maximum Gasteiger partial charge on any atom is 0.245 e. The number of hydrogen-bond donors (Lipinski definition) is 2. The second-order valence-corrected chi connectivity index (χ2v) is 5.66. The van der Waals surface area contributed by atoms with Crippen molar-refractivity contribution in [2.75, 3.05) is 18.0 Å². The largest absolute Gasteiger partial charge is 0.336 e. The van der Waals surface area contributed by atoms with E-state index < -0.39 is 0 Å². The third-order valence-corrected chi connectivity index (χ3v) is 3.51. The fourth-order valence-electron chi connectivity index (χ4n) is 2.51. The predicted molar refractivity (Wildman–Crippen MR) is 78.9 cm³/mol. The first-order chi connectivity index (χ1) is 9.61. The molecule has 2 atom stereocenters. The molecule has 1 saturated heterocycles. The smallest absolute Gasteiger partial charge is 0.245 e. The van der Waals surface area contributed by atoms with Gasteiger partial charge in [0.25, 0.3) is 0 Å². The van der Waals surface area contributed by atoms with Crippen LogP contribution in [-0.2, 0) is 0 Å². The van der Waals surface area contributed by atoms with Crippen LogP contribution in [0.4, 0.5) is 5.95 Å². The summed E-state index contributed by atoms with van der Waals surface area (Å²) in [5.41, 5.74) is 0.740. The summed E-state index contributed by atoms with van der Waals surface area (Å²) in [5, 5.41) is 11.3. The van der Waals surface area contributed by atoms with Gasteiger partial charge in [-0.3, -0.25) is 10.1 Å². The van der Waals surface area contributed by atoms with Crippen molar-refractivity contribution in [1.29, 1.82) is 0 Å². The van der Waals surface area contributed by atoms with Gasteiger partial charge in [0, 0.05) is 31.4 Å². The number of nitrogens with zero attached hydrogens (tertiary/aromatic N) is 4. The third kappa shape index (κ3) is 2.76. The Morgan fingerprint density at radius 2 is 2.00 bits per heavy atom. The van der Waals surface area contributed by atoms with Crippen LogP contribution in [0.25, 0.3) is 11.5 Å². The molecule has 0 amide bonds. The summed E-state index contributed by atoms with van der Waals surface area (Å²) in [5.74, 6) is 1.38. The van der Waals surface area contributed by atoms with Crippen LogP contribution in [0.5, 0.6) is 0 Å². The Hall–Kier alpha value is -1.66. The lowest BCUT2D eigenvalue weighted by atomic mass is 10.1. The highest BCUT2D eigenvalue weighted by molar-refractivity contribution is 6.30. The zero-order chi connectivity index (χ0) is 14.1. The first-order valence-corrected chi connectivity index (χ1v) is 7.05. The van der Waals surface area contributed by atoms with Crippen LogP contribution in [0.1, 0.15) is 13.8 Å². The molecule has 1 fully saturated rings. The van der Waals surface area contributed by atoms with Gasteiger partial charge in [-0.1, -0.05) is 11.6 Å². The third-order valence-electron chi connectivity index (χ3n) is 3.28. The first-order valence-electron chi connectivity index (χ1n) is 6.67. The number of piperazine rings is 1. The SMILES string of the molecule is CC1CN(c2n[nH]c(-c3ccc(Cl)cn3)n2)CC(C)N1. The van der Waals surface area contributed by atoms with E-state index in [1.54, 1.807) is 12.3 Å². The average Bonchev–Trinajstić information content (AvgIpc) is 2.88. The molecule has 0 spiro atoms. The number of anilines is 1. The number of aromatic nitrogens is 4. The number of halogens is 1. The van der Waals surface area contributed by atoms with Crippen molar-refractivity contribution in [2.24, 2.45) is 0 Å². The summed E-state index contributed by atoms with van der Waals surface area (Å²) in [6.45, 7) is 6.12. The number of nitrogens with one attached hydrogen (secondary N) is 2. The lowest BCUT2D eigenvalue weighted by Crippen LogP contribution is -2.54. The van der Waals surface area contributed by atoms with Crippen molar-refractivity contribution in [1.82, 2.24) is 25.5 Å². The van der Waals surface area contributed by atoms with Gasteiger partial charge in [0.2, 0.25) is 5.95 Å². The van der Waals surface area contributed by atoms with E-state index in [1.807, 2.05) is 6.07 Å². The first kappa shape index (κ1) is 13.3. The quantitative estimate of drug-likeness (QED) is 0.882. The monoisotopic (exact) mass is 292 g/mol. The van der Waals surface area contributed by atoms with Gasteiger partial charge in [-0.05, 0) is 26.0 Å². The van der Waals surface area contributed by atoms with Gasteiger partial charge in [0.15, 0.2) is 5.82 Å². The van der Waals surface area contributed by atoms with Crippen LogP contribution >= 0.6 is 11.6 Å². The summed E-state index contributed by atoms with van der Waals surface area (Å²) in [4.78, 5) is 11.0. The van der Waals surface area contributed by atoms with E-state index in [0.717, 1.165) is 24.7 Å². The molecule has 3 rings (SSSR count). The number of pyridine rings is 1. The number of rotatable bonds is 2. The van der Waals surface area contributed by atoms with Gasteiger partial charge in [-0.25, -0.2) is 0 Å². The zero-order valence-electron chi connectivity index (χ0n) is 11.5. The Morgan fingerprint density at radius 3 is 2.65 bits per heavy atom. The van der Waals surface area contributed by atoms with E-state index in [0.29, 0.717) is 22.9 Å². The average molecular weight is 293 g/mol. The molecule has 3 heterocycles. The van der Waals surface area contributed by atoms with Crippen LogP contribution in [0.3, 0.4) is 0 Å². The van der Waals surface area contributed by atoms with Crippen molar-refractivity contribution in [2.45, 2.75) is 25.9 Å². The molecule has 106 valence electrons. The summed E-state index contributed by atoms with van der Waals surface area (Å²) in [6.07, 6.45) is 1.61. The molecule has 20 heavy (non-hydrogen) atoms. The minimum atomic E-state index is 0.425. The van der Waals surface area contributed by atoms with Gasteiger partial charge in [0.1, 0.15) is 5.69 Å². The summed E-state index contributed by atoms with van der Waals surface area (Å²) in [6, 6.07) is 4.47. The second kappa shape index (κ2) is 5.38. The molecule has 2 aromatic rings. The second-order valence-electron chi connectivity index (χ2n) is 5.22. The zero-order valence-corrected chi connectivity index (χ0v) is 12.2. The minimum absolute atomic E-state index is 0.425. The van der Waals surface area contributed by atoms with E-state index in [4.69, 9.17) is 11.6 Å². The number of aromatic amines is 1. The van der Waals surface area contributed by atoms with Gasteiger partial charge in [0.05, 0.1) is 5.02 Å². The molecule has 1 aliphatic rings. The normalized spacial score (nSPS) is 23.1. The van der Waals surface area contributed by atoms with E-state index in [9.17, 15) is 0 Å². The van der Waals surface area contributed by atoms with E-state index in [2.05, 4.69) is 44.2 Å². The fourth-order valence-corrected chi connectivity index (χ4v) is 2.63. The van der Waals surface area contributed by atoms with Gasteiger partial charge >= 0.3 is 0 Å². The van der Waals surface area contributed by atoms with Crippen molar-refractivity contribution in [3.63, 3.8) is 0 Å². The Morgan fingerprint density at radius 1 is 1.25 bits per heavy atom. The van der Waals surface area contributed by atoms with Crippen LogP contribution in [0.2, 0.25) is 5.02 Å². The molecule has 0 bridgehead atoms. The lowest BCUT2D eigenvalue weighted by molar-refractivity contribution is 0.403. The predicted octanol–water partition coefficient (Wildman–Crippen LogP) is 1.71. The van der Waals surface area contributed by atoms with E-state index in [-0.39, 0.29) is 0 Å². The molecule has 6 nitrogen and oxygen atoms in total. The summed E-state index contributed by atoms with van der Waals surface area (Å²) < 4.78 is 0. The molecular weight excluding hydrogens is 276 g/mol. The van der Waals surface area contributed by atoms with Crippen molar-refractivity contribution >= 4 is 17.5 Å². The molecule has 7 heteroatoms. The lowest BCUT2D eigenvalue weighted by Gasteiger charge is -2.35. The van der Waals surface area contributed by atoms with Crippen LogP contribution in [0.15, 0.2) is 18.3 Å². The van der Waals surface area contributed by atoms with Gasteiger partial charge < -0.3 is 10.2 Å². The molecule has 0 saturated carbocycles. The van der Waals surface area contributed by atoms with Gasteiger partial charge in [-0.2, -0.15) is 4.98 Å². The van der Waals surface area contributed by atoms with E-state index >= 15 is 0 Å². The highest BCUT2D eigenvalue weighted by Crippen LogP contribution is 2.18. The summed E-state index contributed by atoms with van der Waals surface area (Å²) >= 11 is 5.83. The molecule has 0 aromatic carbocycles. The maximum absolute atomic E-state index is 5.83. The highest BCUT2D eigenvalue weighted by Gasteiger charge is 2.23. The minimum Gasteiger partial charge on any atom is -0.336 e. The number of H-pyrrole nitrogens is 1. The summed E-state index contributed by atoms with van der Waals surface area (Å²) in [7, 11) is 0. The maximum atomic E-state index is 5.83. The highest BCUT2D eigenvalue weighted by atomic mass is 35.5. The van der Waals surface area contributed by atoms with Crippen molar-refractivity contribution in [3.8, 4) is 11.5 Å². The standard InChI is InChI=1S/C13H17ClN6/c1-8-6-20(7-9(2)16-8)13-17-12(18-19-13)11-4-3-10(14)5-15-11/h3-5,8-9,16H,6-7H2,1-2H3,(H,17,18,19). The van der Waals surface area contributed by atoms with Crippen molar-refractivity contribution < 1.29 is 0 Å². The molecule has 0 radical (unpaired) electrons. The molecule has 2 N–H and O–H groups in total. The molecular formula is C13H17ClN6. The Labute approximate surface area is 122 Å². The topological polar surface area (TPSA) is 69.7 Å². The molecule has 2 unspecified atom stereocenters. The number of hydrogen-bond acceptors (Lipinski definition) is 5. The molecule has 0 aliphatic carbocycles. The van der Waals surface area contributed by atoms with Gasteiger partial charge in [-0.15, -0.1) is 5.10 Å². The van der Waals surface area contributed by atoms with Crippen LogP contribution in [-0.4, -0.2) is 45.3 Å². The fraction of sp³-hybridized carbons (Fsp3) is 0.462.